The molecule has 0 aliphatic heterocycles. The van der Waals surface area contributed by atoms with Crippen molar-refractivity contribution in [3.63, 3.8) is 0 Å². The Labute approximate surface area is 63.1 Å². The second kappa shape index (κ2) is 3.94. The number of nitroso groups, excluding NO2 is 1. The molecule has 0 aliphatic rings. The average molecular weight is 178 g/mol. The Balaban J connectivity index is 4.68. The Morgan fingerprint density at radius 3 is 2.36 bits per heavy atom. The smallest absolute Gasteiger partial charge is 0.241 e. The third-order valence-corrected chi connectivity index (χ3v) is 1.73. The normalized spacial score (nSPS) is 12.6. The summed E-state index contributed by atoms with van der Waals surface area (Å²) in [4.78, 5) is 18.9. The molecule has 0 unspecified atom stereocenters. The first-order chi connectivity index (χ1) is 5.02. The fourth-order valence-electron chi connectivity index (χ4n) is 0.359. The molecule has 0 rings (SSSR count). The maximum Gasteiger partial charge on any atom is 0.241 e. The lowest BCUT2D eigenvalue weighted by atomic mass is 10.5. The number of hydrogen-bond donors (Lipinski definition) is 1. The maximum absolute atomic E-state index is 10.4. The lowest BCUT2D eigenvalue weighted by Crippen LogP contribution is -2.15. The van der Waals surface area contributed by atoms with Crippen molar-refractivity contribution >= 4 is 16.3 Å². The molecule has 0 radical (unpaired) electrons. The van der Waals surface area contributed by atoms with Crippen molar-refractivity contribution in [2.75, 3.05) is 6.54 Å². The van der Waals surface area contributed by atoms with E-state index < -0.39 is 14.9 Å². The van der Waals surface area contributed by atoms with E-state index in [1.807, 2.05) is 0 Å². The molecule has 0 saturated heterocycles. The summed E-state index contributed by atoms with van der Waals surface area (Å²) in [5, 5.41) is 6.89. The zero-order chi connectivity index (χ0) is 8.91. The third-order valence-electron chi connectivity index (χ3n) is 0.812. The quantitative estimate of drug-likeness (QED) is 0.342. The van der Waals surface area contributed by atoms with Gasteiger partial charge in [0.15, 0.2) is 6.29 Å². The highest BCUT2D eigenvalue weighted by Crippen LogP contribution is 1.96. The lowest BCUT2D eigenvalue weighted by Gasteiger charge is -1.91. The minimum Gasteiger partial charge on any atom is -0.297 e. The average Bonchev–Trinajstić information content (AvgIpc) is 1.87. The van der Waals surface area contributed by atoms with E-state index in [0.29, 0.717) is 0 Å². The summed E-state index contributed by atoms with van der Waals surface area (Å²) in [6.45, 7) is -0.384. The molecule has 0 spiro atoms. The van der Waals surface area contributed by atoms with Crippen LogP contribution in [0.4, 0.5) is 0 Å². The van der Waals surface area contributed by atoms with Crippen LogP contribution in [0.5, 0.6) is 0 Å². The van der Waals surface area contributed by atoms with E-state index >= 15 is 0 Å². The van der Waals surface area contributed by atoms with Gasteiger partial charge in [0.25, 0.3) is 0 Å². The second-order valence-corrected chi connectivity index (χ2v) is 3.14. The zero-order valence-corrected chi connectivity index (χ0v) is 6.24. The van der Waals surface area contributed by atoms with Gasteiger partial charge in [-0.15, -0.1) is 0 Å². The van der Waals surface area contributed by atoms with Crippen LogP contribution in [0.3, 0.4) is 0 Å². The Hall–Kier alpha value is -1.08. The van der Waals surface area contributed by atoms with E-state index in [2.05, 4.69) is 10.3 Å². The first-order valence-electron chi connectivity index (χ1n) is 2.49. The Morgan fingerprint density at radius 2 is 2.09 bits per heavy atom. The summed E-state index contributed by atoms with van der Waals surface area (Å²) < 4.78 is 20.8. The SMILES string of the molecule is NS(=O)(=O)/C(C=O)=C/CN=O. The predicted octanol–water partition coefficient (Wildman–Crippen LogP) is -0.876. The van der Waals surface area contributed by atoms with Gasteiger partial charge >= 0.3 is 0 Å². The van der Waals surface area contributed by atoms with Crippen molar-refractivity contribution in [3.05, 3.63) is 15.9 Å². The standard InChI is InChI=1S/C4H6N2O4S/c5-11(9,10)4(3-7)1-2-6-8/h1,3H,2H2,(H2,5,9,10)/b4-1+. The Bertz CT molecular complexity index is 278. The maximum atomic E-state index is 10.4. The first kappa shape index (κ1) is 9.92. The summed E-state index contributed by atoms with van der Waals surface area (Å²) >= 11 is 0. The first-order valence-corrected chi connectivity index (χ1v) is 4.04. The van der Waals surface area contributed by atoms with Crippen LogP contribution < -0.4 is 5.14 Å². The van der Waals surface area contributed by atoms with Gasteiger partial charge in [0.2, 0.25) is 10.0 Å². The summed E-state index contributed by atoms with van der Waals surface area (Å²) in [5.41, 5.74) is 0. The molecule has 0 aliphatic carbocycles. The predicted molar refractivity (Wildman–Crippen MR) is 37.9 cm³/mol. The van der Waals surface area contributed by atoms with Crippen molar-refractivity contribution < 1.29 is 13.2 Å². The van der Waals surface area contributed by atoms with Crippen LogP contribution in [-0.2, 0) is 14.8 Å². The molecule has 2 N–H and O–H groups in total. The number of primary sulfonamides is 1. The number of carbonyl (C=O) groups is 1. The van der Waals surface area contributed by atoms with Crippen molar-refractivity contribution in [1.29, 1.82) is 0 Å². The molecule has 0 aromatic carbocycles. The topological polar surface area (TPSA) is 107 Å². The molecule has 7 heteroatoms. The fourth-order valence-corrected chi connectivity index (χ4v) is 0.800. The van der Waals surface area contributed by atoms with Crippen LogP contribution in [-0.4, -0.2) is 21.2 Å². The molecule has 0 bridgehead atoms. The molecule has 0 atom stereocenters. The number of sulfonamides is 1. The van der Waals surface area contributed by atoms with E-state index in [0.717, 1.165) is 6.08 Å². The molecule has 0 amide bonds. The molecular formula is C4H6N2O4S. The van der Waals surface area contributed by atoms with Crippen molar-refractivity contribution in [3.8, 4) is 0 Å². The lowest BCUT2D eigenvalue weighted by molar-refractivity contribution is -0.104. The molecule has 62 valence electrons. The Kier molecular flexibility index (Phi) is 3.55. The minimum atomic E-state index is -3.99. The van der Waals surface area contributed by atoms with Crippen LogP contribution in [0.15, 0.2) is 16.2 Å². The van der Waals surface area contributed by atoms with E-state index in [-0.39, 0.29) is 12.8 Å². The van der Waals surface area contributed by atoms with Gasteiger partial charge in [-0.1, -0.05) is 5.18 Å². The van der Waals surface area contributed by atoms with E-state index in [4.69, 9.17) is 0 Å². The highest BCUT2D eigenvalue weighted by Gasteiger charge is 2.09. The van der Waals surface area contributed by atoms with Crippen LogP contribution in [0.1, 0.15) is 0 Å². The molecule has 0 aromatic heterocycles. The molecule has 0 heterocycles. The van der Waals surface area contributed by atoms with E-state index in [9.17, 15) is 18.1 Å². The van der Waals surface area contributed by atoms with Gasteiger partial charge in [0.1, 0.15) is 11.4 Å². The van der Waals surface area contributed by atoms with Gasteiger partial charge in [-0.25, -0.2) is 13.6 Å². The van der Waals surface area contributed by atoms with Crippen LogP contribution in [0.2, 0.25) is 0 Å². The summed E-state index contributed by atoms with van der Waals surface area (Å²) in [7, 11) is -3.99. The van der Waals surface area contributed by atoms with Gasteiger partial charge in [0, 0.05) is 0 Å². The summed E-state index contributed by atoms with van der Waals surface area (Å²) in [6, 6.07) is 0. The molecule has 0 aromatic rings. The Morgan fingerprint density at radius 1 is 1.55 bits per heavy atom. The molecule has 0 saturated carbocycles. The molecule has 11 heavy (non-hydrogen) atoms. The van der Waals surface area contributed by atoms with Crippen LogP contribution >= 0.6 is 0 Å². The highest BCUT2D eigenvalue weighted by molar-refractivity contribution is 7.93. The number of nitrogens with zero attached hydrogens (tertiary/aromatic N) is 1. The van der Waals surface area contributed by atoms with Crippen LogP contribution in [0.25, 0.3) is 0 Å². The third kappa shape index (κ3) is 3.58. The summed E-state index contributed by atoms with van der Waals surface area (Å²) in [6.07, 6.45) is 0.899. The number of allylic oxidation sites excluding steroid dienone is 1. The van der Waals surface area contributed by atoms with Gasteiger partial charge in [0.05, 0.1) is 0 Å². The fraction of sp³-hybridized carbons (Fsp3) is 0.250. The summed E-state index contributed by atoms with van der Waals surface area (Å²) in [5.74, 6) is 0. The zero-order valence-electron chi connectivity index (χ0n) is 5.43. The van der Waals surface area contributed by atoms with Crippen molar-refractivity contribution in [1.82, 2.24) is 0 Å². The number of rotatable bonds is 4. The largest absolute Gasteiger partial charge is 0.297 e. The minimum absolute atomic E-state index is 0.0561. The van der Waals surface area contributed by atoms with Gasteiger partial charge in [-0.2, -0.15) is 4.91 Å². The van der Waals surface area contributed by atoms with E-state index in [1.54, 1.807) is 0 Å². The monoisotopic (exact) mass is 178 g/mol. The number of hydrogen-bond acceptors (Lipinski definition) is 5. The van der Waals surface area contributed by atoms with E-state index in [1.165, 1.54) is 0 Å². The van der Waals surface area contributed by atoms with Crippen LogP contribution in [0, 0.1) is 4.91 Å². The second-order valence-electron chi connectivity index (χ2n) is 1.58. The van der Waals surface area contributed by atoms with Gasteiger partial charge in [-0.3, -0.25) is 4.79 Å². The number of aldehydes is 1. The number of carbonyl (C=O) groups excluding carboxylic acids is 1. The van der Waals surface area contributed by atoms with Gasteiger partial charge in [-0.05, 0) is 6.08 Å². The van der Waals surface area contributed by atoms with Crippen molar-refractivity contribution in [2.45, 2.75) is 0 Å². The number of nitrogens with two attached hydrogens (primary N) is 1. The molecule has 6 nitrogen and oxygen atoms in total. The van der Waals surface area contributed by atoms with Crippen molar-refractivity contribution in [2.24, 2.45) is 10.3 Å². The molecular weight excluding hydrogens is 172 g/mol. The van der Waals surface area contributed by atoms with Gasteiger partial charge < -0.3 is 0 Å². The molecule has 0 fully saturated rings. The highest BCUT2D eigenvalue weighted by atomic mass is 32.2.